The minimum atomic E-state index is -0.144. The van der Waals surface area contributed by atoms with Gasteiger partial charge in [-0.15, -0.1) is 0 Å². The number of nitrogens with zero attached hydrogens (tertiary/aromatic N) is 5. The first kappa shape index (κ1) is 18.6. The van der Waals surface area contributed by atoms with Crippen LogP contribution >= 0.6 is 0 Å². The summed E-state index contributed by atoms with van der Waals surface area (Å²) in [4.78, 5) is 37.5. The maximum Gasteiger partial charge on any atom is 0.276 e. The topological polar surface area (TPSA) is 92.4 Å². The lowest BCUT2D eigenvalue weighted by atomic mass is 10.1. The molecule has 1 atom stereocenters. The number of amides is 2. The first-order valence-corrected chi connectivity index (χ1v) is 9.93. The van der Waals surface area contributed by atoms with Crippen molar-refractivity contribution in [2.24, 2.45) is 0 Å². The molecule has 0 radical (unpaired) electrons. The van der Waals surface area contributed by atoms with Crippen molar-refractivity contribution in [2.45, 2.75) is 58.5 Å². The Kier molecular flexibility index (Phi) is 5.11. The van der Waals surface area contributed by atoms with Crippen molar-refractivity contribution in [3.05, 3.63) is 40.8 Å². The Morgan fingerprint density at radius 2 is 2.18 bits per heavy atom. The molecule has 0 unspecified atom stereocenters. The zero-order valence-electron chi connectivity index (χ0n) is 16.3. The van der Waals surface area contributed by atoms with Crippen LogP contribution in [0.3, 0.4) is 0 Å². The van der Waals surface area contributed by atoms with Gasteiger partial charge in [0.1, 0.15) is 5.76 Å². The summed E-state index contributed by atoms with van der Waals surface area (Å²) in [6.07, 6.45) is 5.99. The molecule has 28 heavy (non-hydrogen) atoms. The molecule has 148 valence electrons. The van der Waals surface area contributed by atoms with Gasteiger partial charge in [-0.25, -0.2) is 9.97 Å². The van der Waals surface area contributed by atoms with Gasteiger partial charge in [0.25, 0.3) is 5.91 Å². The lowest BCUT2D eigenvalue weighted by molar-refractivity contribution is -0.129. The minimum absolute atomic E-state index is 0.0670. The second-order valence-electron chi connectivity index (χ2n) is 7.48. The fourth-order valence-corrected chi connectivity index (χ4v) is 3.96. The van der Waals surface area contributed by atoms with E-state index in [4.69, 9.17) is 9.51 Å². The van der Waals surface area contributed by atoms with E-state index in [9.17, 15) is 9.59 Å². The molecule has 8 heteroatoms. The molecule has 1 fully saturated rings. The van der Waals surface area contributed by atoms with Gasteiger partial charge in [0.05, 0.1) is 11.7 Å². The van der Waals surface area contributed by atoms with Crippen LogP contribution in [0.5, 0.6) is 0 Å². The van der Waals surface area contributed by atoms with Gasteiger partial charge in [-0.3, -0.25) is 9.59 Å². The Hall–Kier alpha value is -2.77. The van der Waals surface area contributed by atoms with E-state index < -0.39 is 0 Å². The van der Waals surface area contributed by atoms with Crippen molar-refractivity contribution >= 4 is 11.8 Å². The quantitative estimate of drug-likeness (QED) is 0.804. The Balaban J connectivity index is 1.53. The van der Waals surface area contributed by atoms with Crippen LogP contribution in [-0.2, 0) is 24.2 Å². The maximum atomic E-state index is 13.0. The maximum absolute atomic E-state index is 13.0. The molecule has 2 aromatic heterocycles. The van der Waals surface area contributed by atoms with Gasteiger partial charge in [0, 0.05) is 57.2 Å². The number of rotatable bonds is 4. The number of aryl methyl sites for hydroxylation is 1. The average molecular weight is 383 g/mol. The molecule has 0 aromatic carbocycles. The van der Waals surface area contributed by atoms with Crippen molar-refractivity contribution in [3.8, 4) is 0 Å². The molecule has 2 aliphatic rings. The highest BCUT2D eigenvalue weighted by Crippen LogP contribution is 2.32. The number of likely N-dealkylation sites (tertiary alicyclic amines) is 1. The van der Waals surface area contributed by atoms with Gasteiger partial charge in [-0.2, -0.15) is 0 Å². The summed E-state index contributed by atoms with van der Waals surface area (Å²) in [5, 5.41) is 3.96. The summed E-state index contributed by atoms with van der Waals surface area (Å²) in [6.45, 7) is 5.53. The minimum Gasteiger partial charge on any atom is -0.361 e. The van der Waals surface area contributed by atoms with Gasteiger partial charge in [0.15, 0.2) is 11.5 Å². The SMILES string of the molecule is CCCc1cc(C(=O)N2CCC[C@@H]2c2ncc3c(n2)CCN(C(C)=O)C3)no1. The molecule has 0 aliphatic carbocycles. The van der Waals surface area contributed by atoms with Crippen LogP contribution in [0.15, 0.2) is 16.8 Å². The molecule has 0 spiro atoms. The van der Waals surface area contributed by atoms with E-state index in [-0.39, 0.29) is 17.9 Å². The smallest absolute Gasteiger partial charge is 0.276 e. The average Bonchev–Trinajstić information content (AvgIpc) is 3.36. The van der Waals surface area contributed by atoms with Crippen molar-refractivity contribution in [1.29, 1.82) is 0 Å². The highest BCUT2D eigenvalue weighted by molar-refractivity contribution is 5.92. The van der Waals surface area contributed by atoms with Gasteiger partial charge in [-0.05, 0) is 19.3 Å². The molecular formula is C20H25N5O3. The molecule has 4 heterocycles. The predicted molar refractivity (Wildman–Crippen MR) is 100 cm³/mol. The highest BCUT2D eigenvalue weighted by atomic mass is 16.5. The summed E-state index contributed by atoms with van der Waals surface area (Å²) in [5.74, 6) is 1.36. The molecular weight excluding hydrogens is 358 g/mol. The highest BCUT2D eigenvalue weighted by Gasteiger charge is 2.34. The van der Waals surface area contributed by atoms with Crippen LogP contribution < -0.4 is 0 Å². The molecule has 0 bridgehead atoms. The summed E-state index contributed by atoms with van der Waals surface area (Å²) >= 11 is 0. The monoisotopic (exact) mass is 383 g/mol. The molecule has 2 aliphatic heterocycles. The lowest BCUT2D eigenvalue weighted by Gasteiger charge is -2.28. The van der Waals surface area contributed by atoms with Crippen LogP contribution in [0.2, 0.25) is 0 Å². The van der Waals surface area contributed by atoms with Crippen LogP contribution in [-0.4, -0.2) is 49.8 Å². The van der Waals surface area contributed by atoms with Crippen molar-refractivity contribution in [1.82, 2.24) is 24.9 Å². The van der Waals surface area contributed by atoms with Gasteiger partial charge in [-0.1, -0.05) is 12.1 Å². The van der Waals surface area contributed by atoms with Gasteiger partial charge in [0.2, 0.25) is 5.91 Å². The summed E-state index contributed by atoms with van der Waals surface area (Å²) in [6, 6.07) is 1.60. The Bertz CT molecular complexity index is 894. The first-order chi connectivity index (χ1) is 13.6. The van der Waals surface area contributed by atoms with Crippen LogP contribution in [0.1, 0.15) is 72.5 Å². The molecule has 2 aromatic rings. The molecule has 0 saturated carbocycles. The summed E-state index contributed by atoms with van der Waals surface area (Å²) in [5.41, 5.74) is 2.32. The van der Waals surface area contributed by atoms with E-state index in [0.29, 0.717) is 31.2 Å². The molecule has 4 rings (SSSR count). The van der Waals surface area contributed by atoms with Gasteiger partial charge < -0.3 is 14.3 Å². The van der Waals surface area contributed by atoms with E-state index in [1.165, 1.54) is 0 Å². The van der Waals surface area contributed by atoms with Crippen LogP contribution in [0.25, 0.3) is 0 Å². The third-order valence-electron chi connectivity index (χ3n) is 5.48. The zero-order chi connectivity index (χ0) is 19.7. The van der Waals surface area contributed by atoms with E-state index in [1.54, 1.807) is 22.8 Å². The van der Waals surface area contributed by atoms with Crippen molar-refractivity contribution in [2.75, 3.05) is 13.1 Å². The second-order valence-corrected chi connectivity index (χ2v) is 7.48. The summed E-state index contributed by atoms with van der Waals surface area (Å²) < 4.78 is 5.27. The lowest BCUT2D eigenvalue weighted by Crippen LogP contribution is -2.36. The van der Waals surface area contributed by atoms with Crippen LogP contribution in [0, 0.1) is 0 Å². The Labute approximate surface area is 163 Å². The standard InChI is InChI=1S/C20H25N5O3/c1-3-5-15-10-17(23-28-15)20(27)25-8-4-6-18(25)19-21-11-14-12-24(13(2)26)9-7-16(14)22-19/h10-11,18H,3-9,12H2,1-2H3/t18-/m1/s1. The Morgan fingerprint density at radius 3 is 2.96 bits per heavy atom. The van der Waals surface area contributed by atoms with Crippen molar-refractivity contribution in [3.63, 3.8) is 0 Å². The number of hydrogen-bond acceptors (Lipinski definition) is 6. The van der Waals surface area contributed by atoms with Crippen LogP contribution in [0.4, 0.5) is 0 Å². The summed E-state index contributed by atoms with van der Waals surface area (Å²) in [7, 11) is 0. The normalized spacial score (nSPS) is 19.0. The third-order valence-corrected chi connectivity index (χ3v) is 5.48. The fourth-order valence-electron chi connectivity index (χ4n) is 3.96. The molecule has 8 nitrogen and oxygen atoms in total. The molecule has 1 saturated heterocycles. The largest absolute Gasteiger partial charge is 0.361 e. The number of carbonyl (C=O) groups is 2. The van der Waals surface area contributed by atoms with Gasteiger partial charge >= 0.3 is 0 Å². The third kappa shape index (κ3) is 3.50. The molecule has 2 amide bonds. The first-order valence-electron chi connectivity index (χ1n) is 9.93. The number of aromatic nitrogens is 3. The number of hydrogen-bond donors (Lipinski definition) is 0. The second kappa shape index (κ2) is 7.69. The van der Waals surface area contributed by atoms with E-state index >= 15 is 0 Å². The van der Waals surface area contributed by atoms with E-state index in [0.717, 1.165) is 49.1 Å². The predicted octanol–water partition coefficient (Wildman–Crippen LogP) is 2.30. The fraction of sp³-hybridized carbons (Fsp3) is 0.550. The zero-order valence-corrected chi connectivity index (χ0v) is 16.3. The Morgan fingerprint density at radius 1 is 1.32 bits per heavy atom. The molecule has 0 N–H and O–H groups in total. The number of fused-ring (bicyclic) bond motifs is 1. The van der Waals surface area contributed by atoms with E-state index in [1.807, 2.05) is 6.20 Å². The van der Waals surface area contributed by atoms with Crippen molar-refractivity contribution < 1.29 is 14.1 Å². The van der Waals surface area contributed by atoms with E-state index in [2.05, 4.69) is 17.1 Å². The number of carbonyl (C=O) groups excluding carboxylic acids is 2.